The molecule has 7 nitrogen and oxygen atoms in total. The van der Waals surface area contributed by atoms with E-state index in [2.05, 4.69) is 10.4 Å². The maximum atomic E-state index is 13.4. The summed E-state index contributed by atoms with van der Waals surface area (Å²) in [6.07, 6.45) is 6.14. The standard InChI is InChI=1S/C21H25FN4O3/c1-25-14-16(13-23-25)19(27)24-18-5-10-29-21(12-18)6-8-26(9-7-21)20(28)15-3-2-4-17(22)11-15/h2-4,11,13-14,18H,5-10,12H2,1H3,(H,24,27)/t18-/m0/s1. The number of halogens is 1. The lowest BCUT2D eigenvalue weighted by Crippen LogP contribution is -2.54. The quantitative estimate of drug-likeness (QED) is 0.857. The van der Waals surface area contributed by atoms with E-state index in [4.69, 9.17) is 4.74 Å². The molecule has 0 saturated carbocycles. The Labute approximate surface area is 168 Å². The Bertz CT molecular complexity index is 905. The minimum Gasteiger partial charge on any atom is -0.375 e. The predicted molar refractivity (Wildman–Crippen MR) is 104 cm³/mol. The van der Waals surface area contributed by atoms with Crippen molar-refractivity contribution in [2.75, 3.05) is 19.7 Å². The third-order valence-electron chi connectivity index (χ3n) is 5.83. The topological polar surface area (TPSA) is 76.5 Å². The van der Waals surface area contributed by atoms with Crippen LogP contribution in [0.1, 0.15) is 46.4 Å². The zero-order valence-electron chi connectivity index (χ0n) is 16.4. The van der Waals surface area contributed by atoms with Gasteiger partial charge in [-0.05, 0) is 43.9 Å². The summed E-state index contributed by atoms with van der Waals surface area (Å²) in [4.78, 5) is 26.8. The second kappa shape index (κ2) is 7.94. The molecular formula is C21H25FN4O3. The molecular weight excluding hydrogens is 375 g/mol. The predicted octanol–water partition coefficient (Wildman–Crippen LogP) is 2.14. The molecule has 1 aromatic carbocycles. The maximum Gasteiger partial charge on any atom is 0.254 e. The zero-order chi connectivity index (χ0) is 20.4. The molecule has 8 heteroatoms. The minimum absolute atomic E-state index is 0.0296. The van der Waals surface area contributed by atoms with E-state index in [9.17, 15) is 14.0 Å². The van der Waals surface area contributed by atoms with Gasteiger partial charge in [0.2, 0.25) is 0 Å². The molecule has 2 fully saturated rings. The van der Waals surface area contributed by atoms with Crippen molar-refractivity contribution in [1.29, 1.82) is 0 Å². The van der Waals surface area contributed by atoms with Crippen LogP contribution in [-0.2, 0) is 11.8 Å². The van der Waals surface area contributed by atoms with E-state index >= 15 is 0 Å². The summed E-state index contributed by atoms with van der Waals surface area (Å²) < 4.78 is 21.1. The Kier molecular flexibility index (Phi) is 5.36. The van der Waals surface area contributed by atoms with Crippen LogP contribution in [0.15, 0.2) is 36.7 Å². The third kappa shape index (κ3) is 4.32. The lowest BCUT2D eigenvalue weighted by atomic mass is 9.82. The number of hydrogen-bond donors (Lipinski definition) is 1. The molecule has 2 aliphatic heterocycles. The Morgan fingerprint density at radius 1 is 1.28 bits per heavy atom. The number of nitrogens with zero attached hydrogens (tertiary/aromatic N) is 3. The van der Waals surface area contributed by atoms with Gasteiger partial charge in [-0.1, -0.05) is 6.07 Å². The lowest BCUT2D eigenvalue weighted by Gasteiger charge is -2.46. The molecule has 2 aromatic rings. The van der Waals surface area contributed by atoms with E-state index in [0.717, 1.165) is 12.8 Å². The van der Waals surface area contributed by atoms with Gasteiger partial charge in [-0.15, -0.1) is 0 Å². The van der Waals surface area contributed by atoms with Gasteiger partial charge in [0.15, 0.2) is 0 Å². The number of amides is 2. The number of ether oxygens (including phenoxy) is 1. The van der Waals surface area contributed by atoms with Gasteiger partial charge >= 0.3 is 0 Å². The Hall–Kier alpha value is -2.74. The van der Waals surface area contributed by atoms with Crippen LogP contribution < -0.4 is 5.32 Å². The second-order valence-corrected chi connectivity index (χ2v) is 7.90. The van der Waals surface area contributed by atoms with Crippen LogP contribution >= 0.6 is 0 Å². The van der Waals surface area contributed by atoms with E-state index in [1.54, 1.807) is 41.2 Å². The lowest BCUT2D eigenvalue weighted by molar-refractivity contribution is -0.114. The van der Waals surface area contributed by atoms with Crippen molar-refractivity contribution in [3.8, 4) is 0 Å². The third-order valence-corrected chi connectivity index (χ3v) is 5.83. The Morgan fingerprint density at radius 3 is 2.76 bits per heavy atom. The molecule has 1 atom stereocenters. The van der Waals surface area contributed by atoms with Gasteiger partial charge in [0.1, 0.15) is 5.82 Å². The van der Waals surface area contributed by atoms with Gasteiger partial charge in [0.05, 0.1) is 17.4 Å². The number of rotatable bonds is 3. The number of piperidine rings is 1. The van der Waals surface area contributed by atoms with Crippen LogP contribution in [-0.4, -0.2) is 57.8 Å². The molecule has 4 rings (SSSR count). The van der Waals surface area contributed by atoms with Crippen LogP contribution in [0, 0.1) is 5.82 Å². The number of hydrogen-bond acceptors (Lipinski definition) is 4. The maximum absolute atomic E-state index is 13.4. The van der Waals surface area contributed by atoms with Crippen LogP contribution in [0.2, 0.25) is 0 Å². The summed E-state index contributed by atoms with van der Waals surface area (Å²) in [6.45, 7) is 1.69. The molecule has 2 saturated heterocycles. The van der Waals surface area contributed by atoms with Gasteiger partial charge < -0.3 is 15.0 Å². The first-order chi connectivity index (χ1) is 13.9. The molecule has 2 amide bonds. The molecule has 3 heterocycles. The van der Waals surface area contributed by atoms with E-state index in [1.165, 1.54) is 12.1 Å². The largest absolute Gasteiger partial charge is 0.375 e. The van der Waals surface area contributed by atoms with Crippen molar-refractivity contribution in [3.05, 3.63) is 53.6 Å². The zero-order valence-corrected chi connectivity index (χ0v) is 16.4. The SMILES string of the molecule is Cn1cc(C(=O)N[C@H]2CCOC3(CCN(C(=O)c4cccc(F)c4)CC3)C2)cn1. The first-order valence-corrected chi connectivity index (χ1v) is 9.92. The van der Waals surface area contributed by atoms with Gasteiger partial charge in [-0.3, -0.25) is 14.3 Å². The summed E-state index contributed by atoms with van der Waals surface area (Å²) in [5.74, 6) is -0.692. The Morgan fingerprint density at radius 2 is 2.07 bits per heavy atom. The summed E-state index contributed by atoms with van der Waals surface area (Å²) in [5, 5.41) is 7.13. The average Bonchev–Trinajstić information content (AvgIpc) is 3.15. The highest BCUT2D eigenvalue weighted by molar-refractivity contribution is 5.94. The molecule has 2 aliphatic rings. The minimum atomic E-state index is -0.410. The highest BCUT2D eigenvalue weighted by atomic mass is 19.1. The average molecular weight is 400 g/mol. The van der Waals surface area contributed by atoms with E-state index in [0.29, 0.717) is 43.7 Å². The fraction of sp³-hybridized carbons (Fsp3) is 0.476. The fourth-order valence-electron chi connectivity index (χ4n) is 4.23. The molecule has 29 heavy (non-hydrogen) atoms. The molecule has 1 spiro atoms. The van der Waals surface area contributed by atoms with Crippen LogP contribution in [0.3, 0.4) is 0 Å². The highest BCUT2D eigenvalue weighted by Gasteiger charge is 2.41. The van der Waals surface area contributed by atoms with Gasteiger partial charge in [-0.2, -0.15) is 5.10 Å². The summed E-state index contributed by atoms with van der Waals surface area (Å²) >= 11 is 0. The number of carbonyl (C=O) groups excluding carboxylic acids is 2. The van der Waals surface area contributed by atoms with Gasteiger partial charge in [0.25, 0.3) is 11.8 Å². The highest BCUT2D eigenvalue weighted by Crippen LogP contribution is 2.35. The number of nitrogens with one attached hydrogen (secondary N) is 1. The monoisotopic (exact) mass is 400 g/mol. The van der Waals surface area contributed by atoms with Crippen molar-refractivity contribution in [2.24, 2.45) is 7.05 Å². The van der Waals surface area contributed by atoms with Crippen molar-refractivity contribution >= 4 is 11.8 Å². The van der Waals surface area contributed by atoms with Crippen LogP contribution in [0.4, 0.5) is 4.39 Å². The van der Waals surface area contributed by atoms with Crippen LogP contribution in [0.25, 0.3) is 0 Å². The van der Waals surface area contributed by atoms with Crippen molar-refractivity contribution in [2.45, 2.75) is 37.3 Å². The molecule has 0 unspecified atom stereocenters. The molecule has 1 N–H and O–H groups in total. The number of aromatic nitrogens is 2. The first kappa shape index (κ1) is 19.6. The Balaban J connectivity index is 1.35. The molecule has 1 aromatic heterocycles. The molecule has 0 aliphatic carbocycles. The summed E-state index contributed by atoms with van der Waals surface area (Å²) in [7, 11) is 1.78. The molecule has 154 valence electrons. The number of aryl methyl sites for hydroxylation is 1. The van der Waals surface area contributed by atoms with Crippen LogP contribution in [0.5, 0.6) is 0 Å². The summed E-state index contributed by atoms with van der Waals surface area (Å²) in [5.41, 5.74) is 0.583. The smallest absolute Gasteiger partial charge is 0.254 e. The fourth-order valence-corrected chi connectivity index (χ4v) is 4.23. The van der Waals surface area contributed by atoms with E-state index < -0.39 is 5.82 Å². The number of benzene rings is 1. The summed E-state index contributed by atoms with van der Waals surface area (Å²) in [6, 6.07) is 5.82. The second-order valence-electron chi connectivity index (χ2n) is 7.90. The van der Waals surface area contributed by atoms with Gasteiger partial charge in [-0.25, -0.2) is 4.39 Å². The van der Waals surface area contributed by atoms with Crippen molar-refractivity contribution < 1.29 is 18.7 Å². The number of likely N-dealkylation sites (tertiary alicyclic amines) is 1. The van der Waals surface area contributed by atoms with Crippen molar-refractivity contribution in [1.82, 2.24) is 20.0 Å². The first-order valence-electron chi connectivity index (χ1n) is 9.92. The molecule has 0 radical (unpaired) electrons. The van der Waals surface area contributed by atoms with Gasteiger partial charge in [0, 0.05) is 44.5 Å². The van der Waals surface area contributed by atoms with E-state index in [-0.39, 0.29) is 23.5 Å². The molecule has 0 bridgehead atoms. The normalized spacial score (nSPS) is 21.2. The van der Waals surface area contributed by atoms with Crippen molar-refractivity contribution in [3.63, 3.8) is 0 Å². The number of carbonyl (C=O) groups is 2. The van der Waals surface area contributed by atoms with E-state index in [1.807, 2.05) is 0 Å².